The smallest absolute Gasteiger partial charge is 0.324 e. The number of rotatable bonds is 4. The summed E-state index contributed by atoms with van der Waals surface area (Å²) in [4.78, 5) is 11.9. The molecule has 0 amide bonds. The first-order chi connectivity index (χ1) is 14.1. The van der Waals surface area contributed by atoms with Gasteiger partial charge in [0, 0.05) is 25.8 Å². The molecule has 0 aromatic carbocycles. The minimum absolute atomic E-state index is 0.0896. The average Bonchev–Trinajstić information content (AvgIpc) is 3.23. The molecular weight excluding hydrogens is 429 g/mol. The minimum Gasteiger partial charge on any atom is -0.324 e. The van der Waals surface area contributed by atoms with Crippen LogP contribution in [0.25, 0.3) is 22.6 Å². The van der Waals surface area contributed by atoms with Gasteiger partial charge in [-0.1, -0.05) is 6.92 Å². The van der Waals surface area contributed by atoms with Crippen molar-refractivity contribution in [2.24, 2.45) is 7.05 Å². The molecule has 0 fully saturated rings. The first kappa shape index (κ1) is 20.9. The predicted octanol–water partition coefficient (Wildman–Crippen LogP) is 4.25. The van der Waals surface area contributed by atoms with Crippen molar-refractivity contribution in [2.75, 3.05) is 5.75 Å². The number of pyridine rings is 1. The van der Waals surface area contributed by atoms with E-state index in [1.165, 1.54) is 11.6 Å². The largest absolute Gasteiger partial charge is 0.433 e. The molecular formula is C18H18F5N5OS. The van der Waals surface area contributed by atoms with Crippen LogP contribution in [0.4, 0.5) is 22.0 Å². The Kier molecular flexibility index (Phi) is 5.15. The third kappa shape index (κ3) is 3.30. The highest BCUT2D eigenvalue weighted by Gasteiger charge is 2.36. The van der Waals surface area contributed by atoms with E-state index in [0.29, 0.717) is 35.6 Å². The Morgan fingerprint density at radius 1 is 1.20 bits per heavy atom. The molecule has 1 unspecified atom stereocenters. The van der Waals surface area contributed by atoms with Crippen molar-refractivity contribution in [3.63, 3.8) is 0 Å². The fourth-order valence-corrected chi connectivity index (χ4v) is 4.82. The van der Waals surface area contributed by atoms with Crippen molar-refractivity contribution in [3.05, 3.63) is 23.3 Å². The van der Waals surface area contributed by atoms with Gasteiger partial charge in [0.1, 0.15) is 27.9 Å². The highest BCUT2D eigenvalue weighted by Crippen LogP contribution is 2.37. The van der Waals surface area contributed by atoms with Crippen LogP contribution in [-0.2, 0) is 37.0 Å². The Morgan fingerprint density at radius 2 is 1.93 bits per heavy atom. The zero-order valence-corrected chi connectivity index (χ0v) is 16.9. The summed E-state index contributed by atoms with van der Waals surface area (Å²) in [7, 11) is -0.000798. The molecule has 0 radical (unpaired) electrons. The van der Waals surface area contributed by atoms with Crippen molar-refractivity contribution in [1.82, 2.24) is 24.1 Å². The molecule has 3 aromatic rings. The number of fused-ring (bicyclic) bond motifs is 2. The second kappa shape index (κ2) is 7.40. The molecule has 3 aromatic heterocycles. The molecule has 4 rings (SSSR count). The van der Waals surface area contributed by atoms with Crippen LogP contribution in [0.3, 0.4) is 0 Å². The Hall–Kier alpha value is -2.37. The lowest BCUT2D eigenvalue weighted by molar-refractivity contribution is -0.141. The van der Waals surface area contributed by atoms with Crippen LogP contribution in [0.2, 0.25) is 0 Å². The van der Waals surface area contributed by atoms with E-state index in [4.69, 9.17) is 0 Å². The maximum Gasteiger partial charge on any atom is 0.433 e. The minimum atomic E-state index is -4.89. The van der Waals surface area contributed by atoms with E-state index in [9.17, 15) is 26.2 Å². The monoisotopic (exact) mass is 447 g/mol. The molecule has 0 saturated heterocycles. The summed E-state index contributed by atoms with van der Waals surface area (Å²) in [6, 6.07) is 0.650. The van der Waals surface area contributed by atoms with Gasteiger partial charge in [0.05, 0.1) is 21.8 Å². The fraction of sp³-hybridized carbons (Fsp3) is 0.500. The number of nitrogens with zero attached hydrogens (tertiary/aromatic N) is 5. The number of aromatic nitrogens is 5. The SMILES string of the molecule is CCS(=O)c1c(-c2nc3cc(C(F)(F)F)nc(C(F)F)c3n2C)nc2n1CCCC2. The lowest BCUT2D eigenvalue weighted by Crippen LogP contribution is -2.14. The summed E-state index contributed by atoms with van der Waals surface area (Å²) in [6.45, 7) is 2.36. The summed E-state index contributed by atoms with van der Waals surface area (Å²) >= 11 is 0. The van der Waals surface area contributed by atoms with E-state index in [0.717, 1.165) is 12.8 Å². The number of aryl methyl sites for hydroxylation is 2. The number of imidazole rings is 2. The molecule has 6 nitrogen and oxygen atoms in total. The normalized spacial score (nSPS) is 15.7. The number of halogens is 5. The van der Waals surface area contributed by atoms with Gasteiger partial charge in [0.2, 0.25) is 0 Å². The second-order valence-electron chi connectivity index (χ2n) is 6.98. The molecule has 4 heterocycles. The Balaban J connectivity index is 2.01. The van der Waals surface area contributed by atoms with Crippen LogP contribution < -0.4 is 0 Å². The second-order valence-corrected chi connectivity index (χ2v) is 8.63. The number of hydrogen-bond donors (Lipinski definition) is 0. The first-order valence-corrected chi connectivity index (χ1v) is 10.7. The topological polar surface area (TPSA) is 65.6 Å². The van der Waals surface area contributed by atoms with E-state index < -0.39 is 34.8 Å². The summed E-state index contributed by atoms with van der Waals surface area (Å²) in [5, 5.41) is 0.424. The molecule has 0 N–H and O–H groups in total. The standard InChI is InChI=1S/C18H18F5N5OS/c1-3-30(29)17-13(26-11-6-4-5-7-28(11)17)16-24-9-8-10(18(21,22)23)25-12(15(19)20)14(9)27(16)2/h8,15H,3-7H2,1-2H3. The van der Waals surface area contributed by atoms with Crippen LogP contribution in [0, 0.1) is 0 Å². The van der Waals surface area contributed by atoms with Crippen molar-refractivity contribution >= 4 is 21.8 Å². The van der Waals surface area contributed by atoms with Crippen LogP contribution in [-0.4, -0.2) is 34.0 Å². The summed E-state index contributed by atoms with van der Waals surface area (Å²) in [6.07, 6.45) is -5.66. The van der Waals surface area contributed by atoms with Crippen molar-refractivity contribution in [2.45, 2.75) is 50.4 Å². The van der Waals surface area contributed by atoms with E-state index >= 15 is 0 Å². The third-order valence-corrected chi connectivity index (χ3v) is 6.47. The molecule has 1 aliphatic rings. The van der Waals surface area contributed by atoms with Gasteiger partial charge in [-0.05, 0) is 18.9 Å². The van der Waals surface area contributed by atoms with Gasteiger partial charge in [0.15, 0.2) is 5.82 Å². The van der Waals surface area contributed by atoms with E-state index in [1.54, 1.807) is 6.92 Å². The van der Waals surface area contributed by atoms with Crippen molar-refractivity contribution < 1.29 is 26.2 Å². The highest BCUT2D eigenvalue weighted by atomic mass is 32.2. The molecule has 30 heavy (non-hydrogen) atoms. The van der Waals surface area contributed by atoms with Crippen LogP contribution in [0.1, 0.15) is 43.4 Å². The number of hydrogen-bond acceptors (Lipinski definition) is 4. The molecule has 0 spiro atoms. The lowest BCUT2D eigenvalue weighted by Gasteiger charge is -2.15. The molecule has 0 bridgehead atoms. The highest BCUT2D eigenvalue weighted by molar-refractivity contribution is 7.85. The first-order valence-electron chi connectivity index (χ1n) is 9.34. The van der Waals surface area contributed by atoms with Crippen molar-refractivity contribution in [3.8, 4) is 11.5 Å². The van der Waals surface area contributed by atoms with Gasteiger partial charge in [-0.3, -0.25) is 4.21 Å². The van der Waals surface area contributed by atoms with Gasteiger partial charge in [-0.2, -0.15) is 13.2 Å². The van der Waals surface area contributed by atoms with E-state index in [-0.39, 0.29) is 22.6 Å². The summed E-state index contributed by atoms with van der Waals surface area (Å²) in [5.74, 6) is 1.11. The maximum atomic E-state index is 13.6. The fourth-order valence-electron chi connectivity index (χ4n) is 3.75. The van der Waals surface area contributed by atoms with Crippen LogP contribution in [0.5, 0.6) is 0 Å². The average molecular weight is 447 g/mol. The Bertz CT molecular complexity index is 1150. The molecule has 1 aliphatic heterocycles. The van der Waals surface area contributed by atoms with Crippen LogP contribution >= 0.6 is 0 Å². The lowest BCUT2D eigenvalue weighted by atomic mass is 10.2. The molecule has 12 heteroatoms. The Labute approximate surface area is 170 Å². The van der Waals surface area contributed by atoms with Gasteiger partial charge in [0.25, 0.3) is 6.43 Å². The van der Waals surface area contributed by atoms with Gasteiger partial charge >= 0.3 is 6.18 Å². The van der Waals surface area contributed by atoms with Crippen molar-refractivity contribution in [1.29, 1.82) is 0 Å². The maximum absolute atomic E-state index is 13.6. The third-order valence-electron chi connectivity index (χ3n) is 5.10. The molecule has 0 aliphatic carbocycles. The molecule has 0 saturated carbocycles. The molecule has 1 atom stereocenters. The molecule has 162 valence electrons. The summed E-state index contributed by atoms with van der Waals surface area (Å²) < 4.78 is 82.5. The van der Waals surface area contributed by atoms with Crippen LogP contribution in [0.15, 0.2) is 11.1 Å². The zero-order valence-electron chi connectivity index (χ0n) is 16.1. The Morgan fingerprint density at radius 3 is 2.57 bits per heavy atom. The predicted molar refractivity (Wildman–Crippen MR) is 99.6 cm³/mol. The zero-order chi connectivity index (χ0) is 21.8. The number of alkyl halides is 5. The van der Waals surface area contributed by atoms with Gasteiger partial charge in [-0.15, -0.1) is 0 Å². The van der Waals surface area contributed by atoms with Gasteiger partial charge < -0.3 is 9.13 Å². The van der Waals surface area contributed by atoms with Gasteiger partial charge in [-0.25, -0.2) is 23.7 Å². The quantitative estimate of drug-likeness (QED) is 0.561. The van der Waals surface area contributed by atoms with E-state index in [2.05, 4.69) is 15.0 Å². The van der Waals surface area contributed by atoms with E-state index in [1.807, 2.05) is 4.57 Å². The summed E-state index contributed by atoms with van der Waals surface area (Å²) in [5.41, 5.74) is -2.64.